The summed E-state index contributed by atoms with van der Waals surface area (Å²) in [6, 6.07) is 0. The lowest BCUT2D eigenvalue weighted by Crippen LogP contribution is -2.61. The van der Waals surface area contributed by atoms with Gasteiger partial charge in [-0.3, -0.25) is 0 Å². The average Bonchev–Trinajstić information content (AvgIpc) is 2.39. The van der Waals surface area contributed by atoms with Crippen molar-refractivity contribution in [2.75, 3.05) is 19.6 Å². The molecular weight excluding hydrogens is 255 g/mol. The third-order valence-electron chi connectivity index (χ3n) is 4.55. The van der Waals surface area contributed by atoms with Gasteiger partial charge in [0.05, 0.1) is 5.92 Å². The topological polar surface area (TPSA) is 41.3 Å². The van der Waals surface area contributed by atoms with Gasteiger partial charge in [0.15, 0.2) is 0 Å². The molecule has 3 nitrogen and oxygen atoms in total. The van der Waals surface area contributed by atoms with Gasteiger partial charge in [0.25, 0.3) is 0 Å². The van der Waals surface area contributed by atoms with Gasteiger partial charge in [0.2, 0.25) is 0 Å². The highest BCUT2D eigenvalue weighted by Gasteiger charge is 2.45. The van der Waals surface area contributed by atoms with Crippen LogP contribution in [0.5, 0.6) is 0 Å². The van der Waals surface area contributed by atoms with E-state index < -0.39 is 12.1 Å². The predicted octanol–water partition coefficient (Wildman–Crippen LogP) is 2.43. The normalized spacial score (nSPS) is 34.4. The molecule has 2 fully saturated rings. The Balaban J connectivity index is 1.90. The van der Waals surface area contributed by atoms with Gasteiger partial charge in [0.1, 0.15) is 0 Å². The van der Waals surface area contributed by atoms with Crippen molar-refractivity contribution in [3.8, 4) is 0 Å². The first-order valence-corrected chi connectivity index (χ1v) is 7.25. The third kappa shape index (κ3) is 3.83. The van der Waals surface area contributed by atoms with Crippen LogP contribution in [0.4, 0.5) is 13.2 Å². The Kier molecular flexibility index (Phi) is 4.74. The summed E-state index contributed by atoms with van der Waals surface area (Å²) in [5.41, 5.74) is 8.95. The number of piperidine rings is 1. The molecule has 1 saturated heterocycles. The minimum absolute atomic E-state index is 0.196. The molecular formula is C13H24F3N3. The smallest absolute Gasteiger partial charge is 0.329 e. The molecule has 2 aliphatic rings. The number of hydrogen-bond donors (Lipinski definition) is 2. The van der Waals surface area contributed by atoms with Gasteiger partial charge in [-0.1, -0.05) is 6.42 Å². The van der Waals surface area contributed by atoms with Crippen LogP contribution < -0.4 is 11.2 Å². The number of nitrogens with zero attached hydrogens (tertiary/aromatic N) is 1. The Hall–Kier alpha value is -0.330. The SMILES string of the molecule is NCC1(NN2CCCCC2)CCC(C(F)(F)F)CC1. The minimum Gasteiger partial charge on any atom is -0.329 e. The summed E-state index contributed by atoms with van der Waals surface area (Å²) in [7, 11) is 0. The van der Waals surface area contributed by atoms with Gasteiger partial charge in [-0.25, -0.2) is 10.4 Å². The monoisotopic (exact) mass is 279 g/mol. The molecule has 1 heterocycles. The molecule has 2 rings (SSSR count). The number of hydrazine groups is 1. The summed E-state index contributed by atoms with van der Waals surface area (Å²) in [6.07, 6.45) is 0.922. The van der Waals surface area contributed by atoms with Gasteiger partial charge in [-0.15, -0.1) is 0 Å². The molecule has 1 aliphatic carbocycles. The largest absolute Gasteiger partial charge is 0.391 e. The van der Waals surface area contributed by atoms with Crippen LogP contribution in [0.3, 0.4) is 0 Å². The summed E-state index contributed by atoms with van der Waals surface area (Å²) in [6.45, 7) is 2.36. The fraction of sp³-hybridized carbons (Fsp3) is 1.00. The maximum absolute atomic E-state index is 12.7. The van der Waals surface area contributed by atoms with Crippen molar-refractivity contribution in [3.63, 3.8) is 0 Å². The van der Waals surface area contributed by atoms with E-state index in [0.717, 1.165) is 25.9 Å². The lowest BCUT2D eigenvalue weighted by atomic mass is 9.76. The molecule has 0 amide bonds. The molecule has 3 N–H and O–H groups in total. The van der Waals surface area contributed by atoms with E-state index in [4.69, 9.17) is 5.73 Å². The van der Waals surface area contributed by atoms with Crippen molar-refractivity contribution < 1.29 is 13.2 Å². The van der Waals surface area contributed by atoms with E-state index in [2.05, 4.69) is 10.4 Å². The fourth-order valence-electron chi connectivity index (χ4n) is 3.20. The van der Waals surface area contributed by atoms with Gasteiger partial charge in [0, 0.05) is 25.2 Å². The second-order valence-corrected chi connectivity index (χ2v) is 5.96. The van der Waals surface area contributed by atoms with Crippen LogP contribution >= 0.6 is 0 Å². The number of hydrogen-bond acceptors (Lipinski definition) is 3. The maximum Gasteiger partial charge on any atom is 0.391 e. The van der Waals surface area contributed by atoms with Crippen molar-refractivity contribution >= 4 is 0 Å². The van der Waals surface area contributed by atoms with Crippen LogP contribution in [0.2, 0.25) is 0 Å². The predicted molar refractivity (Wildman–Crippen MR) is 68.4 cm³/mol. The molecule has 6 heteroatoms. The van der Waals surface area contributed by atoms with Gasteiger partial charge >= 0.3 is 6.18 Å². The number of alkyl halides is 3. The lowest BCUT2D eigenvalue weighted by Gasteiger charge is -2.44. The first-order chi connectivity index (χ1) is 8.95. The van der Waals surface area contributed by atoms with Crippen LogP contribution in [-0.2, 0) is 0 Å². The zero-order chi connectivity index (χ0) is 13.9. The van der Waals surface area contributed by atoms with E-state index in [1.54, 1.807) is 0 Å². The minimum atomic E-state index is -4.05. The van der Waals surface area contributed by atoms with Crippen LogP contribution in [0.25, 0.3) is 0 Å². The van der Waals surface area contributed by atoms with Crippen molar-refractivity contribution in [1.29, 1.82) is 0 Å². The van der Waals surface area contributed by atoms with E-state index in [1.807, 2.05) is 0 Å². The van der Waals surface area contributed by atoms with Crippen molar-refractivity contribution in [1.82, 2.24) is 10.4 Å². The summed E-state index contributed by atoms with van der Waals surface area (Å²) in [5.74, 6) is -1.14. The zero-order valence-electron chi connectivity index (χ0n) is 11.3. The average molecular weight is 279 g/mol. The van der Waals surface area contributed by atoms with Crippen molar-refractivity contribution in [2.24, 2.45) is 11.7 Å². The van der Waals surface area contributed by atoms with Gasteiger partial charge in [-0.05, 0) is 38.5 Å². The highest BCUT2D eigenvalue weighted by Crippen LogP contribution is 2.41. The second-order valence-electron chi connectivity index (χ2n) is 5.96. The highest BCUT2D eigenvalue weighted by atomic mass is 19.4. The molecule has 0 aromatic rings. The van der Waals surface area contributed by atoms with E-state index in [1.165, 1.54) is 6.42 Å². The van der Waals surface area contributed by atoms with E-state index >= 15 is 0 Å². The van der Waals surface area contributed by atoms with E-state index in [-0.39, 0.29) is 18.4 Å². The number of nitrogens with one attached hydrogen (secondary N) is 1. The number of halogens is 3. The fourth-order valence-corrected chi connectivity index (χ4v) is 3.20. The number of rotatable bonds is 3. The molecule has 1 saturated carbocycles. The van der Waals surface area contributed by atoms with Crippen LogP contribution in [0.15, 0.2) is 0 Å². The Morgan fingerprint density at radius 1 is 1.11 bits per heavy atom. The van der Waals surface area contributed by atoms with Crippen molar-refractivity contribution in [3.05, 3.63) is 0 Å². The summed E-state index contributed by atoms with van der Waals surface area (Å²) < 4.78 is 38.1. The maximum atomic E-state index is 12.7. The second kappa shape index (κ2) is 5.97. The van der Waals surface area contributed by atoms with E-state index in [0.29, 0.717) is 19.4 Å². The Labute approximate surface area is 112 Å². The molecule has 0 spiro atoms. The molecule has 0 aromatic carbocycles. The van der Waals surface area contributed by atoms with Crippen LogP contribution in [0, 0.1) is 5.92 Å². The molecule has 0 aromatic heterocycles. The molecule has 0 atom stereocenters. The van der Waals surface area contributed by atoms with Crippen molar-refractivity contribution in [2.45, 2.75) is 56.7 Å². The quantitative estimate of drug-likeness (QED) is 0.833. The first-order valence-electron chi connectivity index (χ1n) is 7.25. The Morgan fingerprint density at radius 3 is 2.16 bits per heavy atom. The van der Waals surface area contributed by atoms with Gasteiger partial charge < -0.3 is 5.73 Å². The molecule has 19 heavy (non-hydrogen) atoms. The molecule has 112 valence electrons. The molecule has 0 bridgehead atoms. The van der Waals surface area contributed by atoms with E-state index in [9.17, 15) is 13.2 Å². The highest BCUT2D eigenvalue weighted by molar-refractivity contribution is 4.94. The summed E-state index contributed by atoms with van der Waals surface area (Å²) in [5, 5.41) is 2.16. The zero-order valence-corrected chi connectivity index (χ0v) is 11.3. The Morgan fingerprint density at radius 2 is 1.68 bits per heavy atom. The Bertz CT molecular complexity index is 279. The molecule has 0 radical (unpaired) electrons. The van der Waals surface area contributed by atoms with Crippen LogP contribution in [0.1, 0.15) is 44.9 Å². The summed E-state index contributed by atoms with van der Waals surface area (Å²) >= 11 is 0. The molecule has 1 aliphatic heterocycles. The van der Waals surface area contributed by atoms with Crippen LogP contribution in [-0.4, -0.2) is 36.4 Å². The first kappa shape index (κ1) is 15.1. The summed E-state index contributed by atoms with van der Waals surface area (Å²) in [4.78, 5) is 0. The third-order valence-corrected chi connectivity index (χ3v) is 4.55. The molecule has 0 unspecified atom stereocenters. The van der Waals surface area contributed by atoms with Gasteiger partial charge in [-0.2, -0.15) is 13.2 Å². The number of nitrogens with two attached hydrogens (primary N) is 1. The lowest BCUT2D eigenvalue weighted by molar-refractivity contribution is -0.186. The standard InChI is InChI=1S/C13H24F3N3/c14-13(15,16)11-4-6-12(10-17,7-5-11)18-19-8-2-1-3-9-19/h11,18H,1-10,17H2.